The SMILES string of the molecule is CCC(COC)Nc1ccc(SC)cc1. The minimum atomic E-state index is 0.398. The van der Waals surface area contributed by atoms with Crippen LogP contribution in [0.2, 0.25) is 0 Å². The van der Waals surface area contributed by atoms with Crippen LogP contribution in [0.15, 0.2) is 29.2 Å². The number of rotatable bonds is 6. The molecule has 0 amide bonds. The van der Waals surface area contributed by atoms with Gasteiger partial charge >= 0.3 is 0 Å². The summed E-state index contributed by atoms with van der Waals surface area (Å²) in [4.78, 5) is 1.29. The predicted molar refractivity (Wildman–Crippen MR) is 67.8 cm³/mol. The molecule has 3 heteroatoms. The first-order chi connectivity index (χ1) is 7.30. The lowest BCUT2D eigenvalue weighted by atomic mass is 10.2. The molecule has 1 atom stereocenters. The topological polar surface area (TPSA) is 21.3 Å². The van der Waals surface area contributed by atoms with Crippen LogP contribution in [0, 0.1) is 0 Å². The summed E-state index contributed by atoms with van der Waals surface area (Å²) in [5.74, 6) is 0. The van der Waals surface area contributed by atoms with Gasteiger partial charge in [0.05, 0.1) is 6.61 Å². The summed E-state index contributed by atoms with van der Waals surface area (Å²) in [7, 11) is 1.74. The lowest BCUT2D eigenvalue weighted by Gasteiger charge is -2.17. The third kappa shape index (κ3) is 4.14. The van der Waals surface area contributed by atoms with Crippen LogP contribution in [0.1, 0.15) is 13.3 Å². The molecule has 2 nitrogen and oxygen atoms in total. The van der Waals surface area contributed by atoms with Gasteiger partial charge in [-0.15, -0.1) is 11.8 Å². The summed E-state index contributed by atoms with van der Waals surface area (Å²) in [6, 6.07) is 8.89. The number of ether oxygens (including phenoxy) is 1. The Morgan fingerprint density at radius 3 is 2.47 bits per heavy atom. The standard InChI is InChI=1S/C12H19NOS/c1-4-10(9-14-2)13-11-5-7-12(15-3)8-6-11/h5-8,10,13H,4,9H2,1-3H3. The zero-order chi connectivity index (χ0) is 11.1. The smallest absolute Gasteiger partial charge is 0.0663 e. The van der Waals surface area contributed by atoms with Gasteiger partial charge in [0.1, 0.15) is 0 Å². The highest BCUT2D eigenvalue weighted by atomic mass is 32.2. The maximum atomic E-state index is 5.15. The van der Waals surface area contributed by atoms with Crippen molar-refractivity contribution in [1.82, 2.24) is 0 Å². The van der Waals surface area contributed by atoms with Gasteiger partial charge in [-0.2, -0.15) is 0 Å². The lowest BCUT2D eigenvalue weighted by Crippen LogP contribution is -2.23. The van der Waals surface area contributed by atoms with Crippen molar-refractivity contribution in [2.75, 3.05) is 25.3 Å². The maximum Gasteiger partial charge on any atom is 0.0663 e. The highest BCUT2D eigenvalue weighted by Gasteiger charge is 2.04. The Hall–Kier alpha value is -0.670. The zero-order valence-electron chi connectivity index (χ0n) is 9.62. The monoisotopic (exact) mass is 225 g/mol. The normalized spacial score (nSPS) is 12.5. The van der Waals surface area contributed by atoms with Crippen LogP contribution in [-0.4, -0.2) is 26.0 Å². The Morgan fingerprint density at radius 2 is 2.00 bits per heavy atom. The summed E-state index contributed by atoms with van der Waals surface area (Å²) in [5, 5.41) is 3.45. The molecule has 0 heterocycles. The third-order valence-corrected chi connectivity index (χ3v) is 3.07. The predicted octanol–water partition coefficient (Wildman–Crippen LogP) is 3.25. The van der Waals surface area contributed by atoms with E-state index in [1.165, 1.54) is 4.90 Å². The molecule has 0 saturated heterocycles. The molecule has 0 bridgehead atoms. The molecule has 1 aromatic rings. The van der Waals surface area contributed by atoms with E-state index in [2.05, 4.69) is 42.8 Å². The Bertz CT molecular complexity index is 273. The molecule has 0 saturated carbocycles. The van der Waals surface area contributed by atoms with Gasteiger partial charge in [-0.25, -0.2) is 0 Å². The first kappa shape index (κ1) is 12.4. The van der Waals surface area contributed by atoms with Gasteiger partial charge in [0, 0.05) is 23.7 Å². The number of methoxy groups -OCH3 is 1. The minimum Gasteiger partial charge on any atom is -0.383 e. The van der Waals surface area contributed by atoms with Crippen molar-refractivity contribution in [2.45, 2.75) is 24.3 Å². The summed E-state index contributed by atoms with van der Waals surface area (Å²) < 4.78 is 5.15. The van der Waals surface area contributed by atoms with Crippen LogP contribution < -0.4 is 5.32 Å². The van der Waals surface area contributed by atoms with Crippen LogP contribution in [0.3, 0.4) is 0 Å². The number of nitrogens with one attached hydrogen (secondary N) is 1. The minimum absolute atomic E-state index is 0.398. The molecule has 0 aliphatic heterocycles. The maximum absolute atomic E-state index is 5.15. The second kappa shape index (κ2) is 6.75. The van der Waals surface area contributed by atoms with Crippen molar-refractivity contribution in [3.63, 3.8) is 0 Å². The summed E-state index contributed by atoms with van der Waals surface area (Å²) in [5.41, 5.74) is 1.16. The van der Waals surface area contributed by atoms with E-state index in [-0.39, 0.29) is 0 Å². The Kier molecular flexibility index (Phi) is 5.58. The molecule has 0 aliphatic rings. The number of benzene rings is 1. The number of anilines is 1. The average Bonchev–Trinajstić information content (AvgIpc) is 2.29. The van der Waals surface area contributed by atoms with E-state index in [0.29, 0.717) is 6.04 Å². The number of hydrogen-bond donors (Lipinski definition) is 1. The zero-order valence-corrected chi connectivity index (χ0v) is 10.4. The van der Waals surface area contributed by atoms with Crippen LogP contribution in [0.5, 0.6) is 0 Å². The molecular formula is C12H19NOS. The molecule has 0 aliphatic carbocycles. The summed E-state index contributed by atoms with van der Waals surface area (Å²) in [6.07, 6.45) is 3.15. The van der Waals surface area contributed by atoms with E-state index >= 15 is 0 Å². The highest BCUT2D eigenvalue weighted by molar-refractivity contribution is 7.98. The largest absolute Gasteiger partial charge is 0.383 e. The van der Waals surface area contributed by atoms with Crippen molar-refractivity contribution in [1.29, 1.82) is 0 Å². The molecule has 1 unspecified atom stereocenters. The highest BCUT2D eigenvalue weighted by Crippen LogP contribution is 2.18. The summed E-state index contributed by atoms with van der Waals surface area (Å²) >= 11 is 1.76. The van der Waals surface area contributed by atoms with E-state index in [1.54, 1.807) is 18.9 Å². The van der Waals surface area contributed by atoms with E-state index in [9.17, 15) is 0 Å². The van der Waals surface area contributed by atoms with E-state index in [1.807, 2.05) is 0 Å². The van der Waals surface area contributed by atoms with E-state index in [0.717, 1.165) is 18.7 Å². The van der Waals surface area contributed by atoms with Crippen LogP contribution >= 0.6 is 11.8 Å². The van der Waals surface area contributed by atoms with E-state index < -0.39 is 0 Å². The molecule has 0 spiro atoms. The first-order valence-corrected chi connectivity index (χ1v) is 6.42. The quantitative estimate of drug-likeness (QED) is 0.751. The molecule has 15 heavy (non-hydrogen) atoms. The fraction of sp³-hybridized carbons (Fsp3) is 0.500. The average molecular weight is 225 g/mol. The van der Waals surface area contributed by atoms with Gasteiger partial charge in [-0.05, 0) is 36.9 Å². The molecule has 1 aromatic carbocycles. The van der Waals surface area contributed by atoms with Gasteiger partial charge in [0.15, 0.2) is 0 Å². The Morgan fingerprint density at radius 1 is 1.33 bits per heavy atom. The molecule has 0 fully saturated rings. The molecule has 0 radical (unpaired) electrons. The Balaban J connectivity index is 2.55. The molecule has 84 valence electrons. The second-order valence-corrected chi connectivity index (χ2v) is 4.31. The van der Waals surface area contributed by atoms with E-state index in [4.69, 9.17) is 4.74 Å². The first-order valence-electron chi connectivity index (χ1n) is 5.19. The van der Waals surface area contributed by atoms with Crippen molar-refractivity contribution < 1.29 is 4.74 Å². The van der Waals surface area contributed by atoms with Crippen LogP contribution in [-0.2, 0) is 4.74 Å². The van der Waals surface area contributed by atoms with Gasteiger partial charge in [0.25, 0.3) is 0 Å². The van der Waals surface area contributed by atoms with Gasteiger partial charge in [0.2, 0.25) is 0 Å². The van der Waals surface area contributed by atoms with Crippen molar-refractivity contribution >= 4 is 17.4 Å². The fourth-order valence-corrected chi connectivity index (χ4v) is 1.79. The van der Waals surface area contributed by atoms with Crippen molar-refractivity contribution in [2.24, 2.45) is 0 Å². The van der Waals surface area contributed by atoms with Crippen molar-refractivity contribution in [3.05, 3.63) is 24.3 Å². The van der Waals surface area contributed by atoms with Gasteiger partial charge in [-0.1, -0.05) is 6.92 Å². The van der Waals surface area contributed by atoms with Crippen molar-refractivity contribution in [3.8, 4) is 0 Å². The molecule has 1 rings (SSSR count). The van der Waals surface area contributed by atoms with Crippen LogP contribution in [0.4, 0.5) is 5.69 Å². The number of hydrogen-bond acceptors (Lipinski definition) is 3. The van der Waals surface area contributed by atoms with Gasteiger partial charge < -0.3 is 10.1 Å². The summed E-state index contributed by atoms with van der Waals surface area (Å²) in [6.45, 7) is 2.91. The van der Waals surface area contributed by atoms with Gasteiger partial charge in [-0.3, -0.25) is 0 Å². The fourth-order valence-electron chi connectivity index (χ4n) is 1.39. The Labute approximate surface area is 96.4 Å². The van der Waals surface area contributed by atoms with Crippen LogP contribution in [0.25, 0.3) is 0 Å². The molecular weight excluding hydrogens is 206 g/mol. The second-order valence-electron chi connectivity index (χ2n) is 3.43. The molecule has 0 aromatic heterocycles. The number of thioether (sulfide) groups is 1. The lowest BCUT2D eigenvalue weighted by molar-refractivity contribution is 0.184. The molecule has 1 N–H and O–H groups in total. The third-order valence-electron chi connectivity index (χ3n) is 2.32.